The van der Waals surface area contributed by atoms with E-state index in [4.69, 9.17) is 0 Å². The normalized spacial score (nSPS) is 18.3. The quantitative estimate of drug-likeness (QED) is 0.590. The Morgan fingerprint density at radius 1 is 1.58 bits per heavy atom. The minimum Gasteiger partial charge on any atom is -0.273 e. The van der Waals surface area contributed by atoms with Crippen molar-refractivity contribution in [3.63, 3.8) is 0 Å². The molecule has 7 heteroatoms. The zero-order chi connectivity index (χ0) is 13.7. The van der Waals surface area contributed by atoms with E-state index in [9.17, 15) is 9.59 Å². The van der Waals surface area contributed by atoms with Gasteiger partial charge in [-0.05, 0) is 19.1 Å². The molecule has 0 bridgehead atoms. The second-order valence-corrected chi connectivity index (χ2v) is 4.03. The fourth-order valence-corrected chi connectivity index (χ4v) is 1.58. The van der Waals surface area contributed by atoms with Gasteiger partial charge in [0.1, 0.15) is 0 Å². The molecule has 0 saturated heterocycles. The first-order valence-electron chi connectivity index (χ1n) is 5.74. The molecule has 98 valence electrons. The molecular formula is C12H13N5O2. The summed E-state index contributed by atoms with van der Waals surface area (Å²) < 4.78 is 0. The average molecular weight is 259 g/mol. The number of pyridine rings is 1. The lowest BCUT2D eigenvalue weighted by molar-refractivity contribution is -0.127. The summed E-state index contributed by atoms with van der Waals surface area (Å²) in [5.74, 6) is -1.12. The van der Waals surface area contributed by atoms with Crippen LogP contribution < -0.4 is 10.9 Å². The average Bonchev–Trinajstić information content (AvgIpc) is 2.72. The van der Waals surface area contributed by atoms with Crippen molar-refractivity contribution in [1.82, 2.24) is 15.8 Å². The minimum absolute atomic E-state index is 0.0285. The van der Waals surface area contributed by atoms with Gasteiger partial charge < -0.3 is 0 Å². The molecule has 1 atom stereocenters. The third-order valence-electron chi connectivity index (χ3n) is 2.63. The molecule has 1 aromatic rings. The van der Waals surface area contributed by atoms with Crippen molar-refractivity contribution in [2.24, 2.45) is 16.1 Å². The topological polar surface area (TPSA) is 95.8 Å². The maximum atomic E-state index is 11.6. The first kappa shape index (κ1) is 12.9. The van der Waals surface area contributed by atoms with Crippen LogP contribution in [0.1, 0.15) is 19.0 Å². The van der Waals surface area contributed by atoms with Gasteiger partial charge in [0.25, 0.3) is 0 Å². The lowest BCUT2D eigenvalue weighted by atomic mass is 10.0. The standard InChI is InChI=1S/C12H13N5O2/c1-8-10(12(19)17-15-8)6-11(18)16-14-7-9-4-2-3-5-13-9/h2-5,7,10H,6H2,1H3,(H,16,18)(H,17,19)/b14-7-/t10-/m0/s1. The van der Waals surface area contributed by atoms with Crippen molar-refractivity contribution in [3.8, 4) is 0 Å². The number of nitrogens with one attached hydrogen (secondary N) is 2. The van der Waals surface area contributed by atoms with Crippen LogP contribution in [-0.4, -0.2) is 28.7 Å². The van der Waals surface area contributed by atoms with E-state index in [2.05, 4.69) is 26.0 Å². The molecule has 2 rings (SSSR count). The summed E-state index contributed by atoms with van der Waals surface area (Å²) >= 11 is 0. The predicted molar refractivity (Wildman–Crippen MR) is 69.3 cm³/mol. The second-order valence-electron chi connectivity index (χ2n) is 4.03. The van der Waals surface area contributed by atoms with Crippen molar-refractivity contribution in [2.45, 2.75) is 13.3 Å². The first-order valence-corrected chi connectivity index (χ1v) is 5.74. The van der Waals surface area contributed by atoms with E-state index >= 15 is 0 Å². The van der Waals surface area contributed by atoms with Crippen LogP contribution in [0.4, 0.5) is 0 Å². The van der Waals surface area contributed by atoms with Crippen molar-refractivity contribution in [1.29, 1.82) is 0 Å². The molecule has 2 N–H and O–H groups in total. The summed E-state index contributed by atoms with van der Waals surface area (Å²) in [5.41, 5.74) is 5.93. The fourth-order valence-electron chi connectivity index (χ4n) is 1.58. The van der Waals surface area contributed by atoms with Gasteiger partial charge in [-0.2, -0.15) is 10.2 Å². The van der Waals surface area contributed by atoms with E-state index in [1.807, 2.05) is 6.07 Å². The SMILES string of the molecule is CC1=NNC(=O)[C@H]1CC(=O)N/N=C\c1ccccn1. The summed E-state index contributed by atoms with van der Waals surface area (Å²) in [5, 5.41) is 7.54. The molecule has 7 nitrogen and oxygen atoms in total. The Kier molecular flexibility index (Phi) is 3.97. The van der Waals surface area contributed by atoms with E-state index in [1.165, 1.54) is 6.21 Å². The van der Waals surface area contributed by atoms with Crippen LogP contribution in [0.3, 0.4) is 0 Å². The number of hydrogen-bond acceptors (Lipinski definition) is 5. The predicted octanol–water partition coefficient (Wildman–Crippen LogP) is 0.0437. The Labute approximate surface area is 109 Å². The van der Waals surface area contributed by atoms with Crippen LogP contribution in [0.5, 0.6) is 0 Å². The van der Waals surface area contributed by atoms with E-state index in [-0.39, 0.29) is 18.2 Å². The van der Waals surface area contributed by atoms with E-state index in [0.717, 1.165) is 0 Å². The molecule has 0 saturated carbocycles. The fraction of sp³-hybridized carbons (Fsp3) is 0.250. The van der Waals surface area contributed by atoms with E-state index in [1.54, 1.807) is 25.3 Å². The van der Waals surface area contributed by atoms with Crippen LogP contribution in [-0.2, 0) is 9.59 Å². The number of carbonyl (C=O) groups is 2. The first-order chi connectivity index (χ1) is 9.16. The van der Waals surface area contributed by atoms with Crippen molar-refractivity contribution in [3.05, 3.63) is 30.1 Å². The molecule has 1 aliphatic heterocycles. The highest BCUT2D eigenvalue weighted by Crippen LogP contribution is 2.11. The molecule has 0 fully saturated rings. The summed E-state index contributed by atoms with van der Waals surface area (Å²) in [6, 6.07) is 5.37. The lowest BCUT2D eigenvalue weighted by Crippen LogP contribution is -2.29. The Bertz CT molecular complexity index is 538. The molecule has 1 aromatic heterocycles. The summed E-state index contributed by atoms with van der Waals surface area (Å²) in [4.78, 5) is 27.0. The molecule has 0 spiro atoms. The molecule has 2 heterocycles. The van der Waals surface area contributed by atoms with Crippen LogP contribution in [0.25, 0.3) is 0 Å². The van der Waals surface area contributed by atoms with Gasteiger partial charge in [0.2, 0.25) is 11.8 Å². The van der Waals surface area contributed by atoms with Crippen LogP contribution in [0.2, 0.25) is 0 Å². The number of aromatic nitrogens is 1. The summed E-state index contributed by atoms with van der Waals surface area (Å²) in [7, 11) is 0. The maximum absolute atomic E-state index is 11.6. The van der Waals surface area contributed by atoms with Crippen LogP contribution in [0.15, 0.2) is 34.6 Å². The van der Waals surface area contributed by atoms with Crippen LogP contribution in [0, 0.1) is 5.92 Å². The largest absolute Gasteiger partial charge is 0.273 e. The number of hydrazone groups is 2. The van der Waals surface area contributed by atoms with Crippen molar-refractivity contribution in [2.75, 3.05) is 0 Å². The van der Waals surface area contributed by atoms with Gasteiger partial charge in [0, 0.05) is 18.3 Å². The van der Waals surface area contributed by atoms with Gasteiger partial charge in [0.15, 0.2) is 0 Å². The molecule has 19 heavy (non-hydrogen) atoms. The molecule has 0 radical (unpaired) electrons. The third-order valence-corrected chi connectivity index (χ3v) is 2.63. The molecule has 1 aliphatic rings. The number of amides is 2. The zero-order valence-corrected chi connectivity index (χ0v) is 10.3. The number of carbonyl (C=O) groups excluding carboxylic acids is 2. The van der Waals surface area contributed by atoms with E-state index in [0.29, 0.717) is 11.4 Å². The van der Waals surface area contributed by atoms with Gasteiger partial charge in [0.05, 0.1) is 17.8 Å². The highest BCUT2D eigenvalue weighted by Gasteiger charge is 2.28. The molecule has 0 aliphatic carbocycles. The zero-order valence-electron chi connectivity index (χ0n) is 10.3. The Morgan fingerprint density at radius 3 is 3.05 bits per heavy atom. The van der Waals surface area contributed by atoms with Gasteiger partial charge in [-0.25, -0.2) is 10.9 Å². The van der Waals surface area contributed by atoms with Crippen molar-refractivity contribution >= 4 is 23.7 Å². The van der Waals surface area contributed by atoms with Gasteiger partial charge in [-0.15, -0.1) is 0 Å². The molecule has 0 unspecified atom stereocenters. The summed E-state index contributed by atoms with van der Waals surface area (Å²) in [6.07, 6.45) is 3.10. The Morgan fingerprint density at radius 2 is 2.42 bits per heavy atom. The highest BCUT2D eigenvalue weighted by molar-refractivity contribution is 6.09. The van der Waals surface area contributed by atoms with Gasteiger partial charge >= 0.3 is 0 Å². The third kappa shape index (κ3) is 3.44. The molecular weight excluding hydrogens is 246 g/mol. The Balaban J connectivity index is 1.84. The maximum Gasteiger partial charge on any atom is 0.249 e. The summed E-state index contributed by atoms with van der Waals surface area (Å²) in [6.45, 7) is 1.70. The Hall–Kier alpha value is -2.57. The lowest BCUT2D eigenvalue weighted by Gasteiger charge is -2.05. The van der Waals surface area contributed by atoms with Gasteiger partial charge in [-0.3, -0.25) is 14.6 Å². The minimum atomic E-state index is -0.509. The van der Waals surface area contributed by atoms with Crippen molar-refractivity contribution < 1.29 is 9.59 Å². The number of rotatable bonds is 4. The second kappa shape index (κ2) is 5.85. The number of hydrogen-bond donors (Lipinski definition) is 2. The number of nitrogens with zero attached hydrogens (tertiary/aromatic N) is 3. The molecule has 0 aromatic carbocycles. The van der Waals surface area contributed by atoms with Gasteiger partial charge in [-0.1, -0.05) is 6.07 Å². The monoisotopic (exact) mass is 259 g/mol. The molecule has 2 amide bonds. The van der Waals surface area contributed by atoms with E-state index < -0.39 is 5.92 Å². The van der Waals surface area contributed by atoms with Crippen LogP contribution >= 0.6 is 0 Å². The highest BCUT2D eigenvalue weighted by atomic mass is 16.2. The smallest absolute Gasteiger partial charge is 0.249 e.